The Kier molecular flexibility index (Phi) is 6.99. The van der Waals surface area contributed by atoms with Crippen molar-refractivity contribution >= 4 is 39.3 Å². The maximum absolute atomic E-state index is 12.7. The van der Waals surface area contributed by atoms with E-state index >= 15 is 0 Å². The zero-order valence-electron chi connectivity index (χ0n) is 18.9. The molecule has 7 nitrogen and oxygen atoms in total. The van der Waals surface area contributed by atoms with Gasteiger partial charge in [-0.2, -0.15) is 0 Å². The lowest BCUT2D eigenvalue weighted by atomic mass is 9.91. The molecule has 0 N–H and O–H groups in total. The van der Waals surface area contributed by atoms with E-state index in [-0.39, 0.29) is 23.7 Å². The molecule has 31 heavy (non-hydrogen) atoms. The van der Waals surface area contributed by atoms with Gasteiger partial charge in [0.25, 0.3) is 5.91 Å². The monoisotopic (exact) mass is 445 g/mol. The van der Waals surface area contributed by atoms with E-state index in [4.69, 9.17) is 4.74 Å². The molecule has 1 aromatic carbocycles. The average Bonchev–Trinajstić information content (AvgIpc) is 3.14. The number of hydrogen-bond acceptors (Lipinski definition) is 6. The number of amides is 2. The van der Waals surface area contributed by atoms with E-state index in [0.29, 0.717) is 32.5 Å². The number of hydrogen-bond donors (Lipinski definition) is 0. The number of carbonyl (C=O) groups is 3. The van der Waals surface area contributed by atoms with Crippen LogP contribution >= 0.6 is 11.3 Å². The fourth-order valence-electron chi connectivity index (χ4n) is 3.69. The van der Waals surface area contributed by atoms with Gasteiger partial charge in [-0.3, -0.25) is 14.4 Å². The first-order valence-corrected chi connectivity index (χ1v) is 11.5. The number of esters is 1. The number of likely N-dealkylation sites (N-methyl/N-ethyl adjacent to an activating group) is 1. The second-order valence-corrected chi connectivity index (χ2v) is 10.3. The quantitative estimate of drug-likeness (QED) is 0.659. The van der Waals surface area contributed by atoms with Gasteiger partial charge in [0.15, 0.2) is 6.10 Å². The molecular weight excluding hydrogens is 414 g/mol. The minimum absolute atomic E-state index is 0.0966. The normalized spacial score (nSPS) is 16.2. The summed E-state index contributed by atoms with van der Waals surface area (Å²) in [5, 5.41) is 0.839. The number of piperidine rings is 1. The largest absolute Gasteiger partial charge is 0.452 e. The van der Waals surface area contributed by atoms with Crippen LogP contribution in [0.15, 0.2) is 24.3 Å². The van der Waals surface area contributed by atoms with Crippen LogP contribution < -0.4 is 0 Å². The maximum Gasteiger partial charge on any atom is 0.309 e. The van der Waals surface area contributed by atoms with E-state index in [2.05, 4.69) is 4.98 Å². The number of likely N-dealkylation sites (tertiary alicyclic amines) is 1. The third kappa shape index (κ3) is 5.61. The highest BCUT2D eigenvalue weighted by Gasteiger charge is 2.34. The first kappa shape index (κ1) is 23.2. The van der Waals surface area contributed by atoms with Crippen LogP contribution in [-0.2, 0) is 25.7 Å². The first-order valence-electron chi connectivity index (χ1n) is 10.7. The van der Waals surface area contributed by atoms with Gasteiger partial charge in [-0.15, -0.1) is 11.3 Å². The van der Waals surface area contributed by atoms with E-state index in [0.717, 1.165) is 15.2 Å². The number of carbonyl (C=O) groups excluding carboxylic acids is 3. The lowest BCUT2D eigenvalue weighted by Crippen LogP contribution is -2.46. The molecule has 1 fully saturated rings. The number of nitrogens with zero attached hydrogens (tertiary/aromatic N) is 3. The van der Waals surface area contributed by atoms with Crippen LogP contribution in [0.1, 0.15) is 45.5 Å². The van der Waals surface area contributed by atoms with Crippen LogP contribution in [0.5, 0.6) is 0 Å². The molecule has 1 aromatic heterocycles. The molecule has 0 radical (unpaired) electrons. The first-order chi connectivity index (χ1) is 14.6. The van der Waals surface area contributed by atoms with Gasteiger partial charge in [-0.25, -0.2) is 4.98 Å². The molecule has 0 spiro atoms. The zero-order valence-corrected chi connectivity index (χ0v) is 19.7. The highest BCUT2D eigenvalue weighted by molar-refractivity contribution is 7.18. The lowest BCUT2D eigenvalue weighted by molar-refractivity contribution is -0.164. The lowest BCUT2D eigenvalue weighted by Gasteiger charge is -2.35. The number of rotatable bonds is 5. The molecule has 0 aliphatic carbocycles. The van der Waals surface area contributed by atoms with Crippen LogP contribution in [0.2, 0.25) is 0 Å². The van der Waals surface area contributed by atoms with E-state index < -0.39 is 11.5 Å². The number of fused-ring (bicyclic) bond motifs is 1. The molecule has 2 amide bonds. The van der Waals surface area contributed by atoms with Crippen molar-refractivity contribution in [2.75, 3.05) is 20.1 Å². The molecule has 2 heterocycles. The summed E-state index contributed by atoms with van der Waals surface area (Å²) in [6, 6.07) is 7.85. The number of benzene rings is 1. The van der Waals surface area contributed by atoms with E-state index in [1.165, 1.54) is 0 Å². The van der Waals surface area contributed by atoms with Crippen molar-refractivity contribution in [2.45, 2.75) is 53.2 Å². The van der Waals surface area contributed by atoms with Gasteiger partial charge in [0.1, 0.15) is 5.01 Å². The number of ether oxygens (including phenoxy) is 1. The van der Waals surface area contributed by atoms with Gasteiger partial charge >= 0.3 is 5.97 Å². The van der Waals surface area contributed by atoms with E-state index in [9.17, 15) is 14.4 Å². The molecule has 0 bridgehead atoms. The third-order valence-electron chi connectivity index (χ3n) is 5.48. The summed E-state index contributed by atoms with van der Waals surface area (Å²) in [6.07, 6.45) is 0.257. The smallest absolute Gasteiger partial charge is 0.309 e. The molecule has 168 valence electrons. The Hall–Kier alpha value is -2.48. The zero-order chi connectivity index (χ0) is 22.8. The maximum atomic E-state index is 12.7. The topological polar surface area (TPSA) is 79.8 Å². The van der Waals surface area contributed by atoms with Gasteiger partial charge in [-0.1, -0.05) is 32.9 Å². The Morgan fingerprint density at radius 3 is 2.48 bits per heavy atom. The average molecular weight is 446 g/mol. The summed E-state index contributed by atoms with van der Waals surface area (Å²) in [5.74, 6) is -0.807. The Morgan fingerprint density at radius 1 is 1.23 bits per heavy atom. The third-order valence-corrected chi connectivity index (χ3v) is 6.51. The highest BCUT2D eigenvalue weighted by atomic mass is 32.1. The molecule has 3 rings (SSSR count). The van der Waals surface area contributed by atoms with Crippen molar-refractivity contribution in [2.24, 2.45) is 11.3 Å². The van der Waals surface area contributed by atoms with Crippen molar-refractivity contribution < 1.29 is 19.1 Å². The molecule has 1 aliphatic rings. The van der Waals surface area contributed by atoms with Gasteiger partial charge in [0.2, 0.25) is 5.91 Å². The molecular formula is C23H31N3O4S. The second kappa shape index (κ2) is 9.34. The Morgan fingerprint density at radius 2 is 1.87 bits per heavy atom. The molecule has 1 unspecified atom stereocenters. The van der Waals surface area contributed by atoms with Crippen molar-refractivity contribution in [1.29, 1.82) is 0 Å². The molecule has 8 heteroatoms. The van der Waals surface area contributed by atoms with E-state index in [1.807, 2.05) is 49.9 Å². The van der Waals surface area contributed by atoms with E-state index in [1.54, 1.807) is 30.2 Å². The summed E-state index contributed by atoms with van der Waals surface area (Å²) in [6.45, 7) is 8.74. The van der Waals surface area contributed by atoms with Gasteiger partial charge in [0.05, 0.1) is 22.7 Å². The summed E-state index contributed by atoms with van der Waals surface area (Å²) in [5.41, 5.74) is 0.487. The molecule has 2 aromatic rings. The second-order valence-electron chi connectivity index (χ2n) is 9.17. The van der Waals surface area contributed by atoms with Crippen LogP contribution in [0, 0.1) is 11.3 Å². The van der Waals surface area contributed by atoms with Crippen molar-refractivity contribution in [3.63, 3.8) is 0 Å². The summed E-state index contributed by atoms with van der Waals surface area (Å²) in [7, 11) is 1.69. The van der Waals surface area contributed by atoms with Crippen LogP contribution in [0.4, 0.5) is 0 Å². The predicted octanol–water partition coefficient (Wildman–Crippen LogP) is 3.47. The fourth-order valence-corrected chi connectivity index (χ4v) is 4.71. The van der Waals surface area contributed by atoms with Crippen LogP contribution in [0.3, 0.4) is 0 Å². The predicted molar refractivity (Wildman–Crippen MR) is 120 cm³/mol. The standard InChI is InChI=1S/C23H31N3O4S/c1-15(20(27)25(5)14-19-24-17-8-6-7-9-18(17)31-19)30-21(28)16-10-12-26(13-11-16)22(29)23(2,3)4/h6-9,15-16H,10-14H2,1-5H3. The minimum Gasteiger partial charge on any atom is -0.452 e. The summed E-state index contributed by atoms with van der Waals surface area (Å²) in [4.78, 5) is 45.6. The Balaban J connectivity index is 1.49. The summed E-state index contributed by atoms with van der Waals surface area (Å²) >= 11 is 1.55. The number of aromatic nitrogens is 1. The highest BCUT2D eigenvalue weighted by Crippen LogP contribution is 2.25. The number of thiazole rings is 1. The van der Waals surface area contributed by atoms with Gasteiger partial charge < -0.3 is 14.5 Å². The molecule has 0 saturated carbocycles. The molecule has 1 aliphatic heterocycles. The van der Waals surface area contributed by atoms with Gasteiger partial charge in [-0.05, 0) is 31.9 Å². The Labute approximate surface area is 187 Å². The van der Waals surface area contributed by atoms with Crippen LogP contribution in [-0.4, -0.2) is 58.8 Å². The number of para-hydroxylation sites is 1. The minimum atomic E-state index is -0.860. The van der Waals surface area contributed by atoms with Crippen molar-refractivity contribution in [3.8, 4) is 0 Å². The van der Waals surface area contributed by atoms with Gasteiger partial charge in [0, 0.05) is 25.6 Å². The van der Waals surface area contributed by atoms with Crippen LogP contribution in [0.25, 0.3) is 10.2 Å². The SMILES string of the molecule is CC(OC(=O)C1CCN(C(=O)C(C)(C)C)CC1)C(=O)N(C)Cc1nc2ccccc2s1. The molecule has 1 saturated heterocycles. The summed E-state index contributed by atoms with van der Waals surface area (Å²) < 4.78 is 6.56. The van der Waals surface area contributed by atoms with Crippen molar-refractivity contribution in [1.82, 2.24) is 14.8 Å². The fraction of sp³-hybridized carbons (Fsp3) is 0.565. The Bertz CT molecular complexity index is 924. The molecule has 1 atom stereocenters. The van der Waals surface area contributed by atoms with Crippen molar-refractivity contribution in [3.05, 3.63) is 29.3 Å².